The highest BCUT2D eigenvalue weighted by Crippen LogP contribution is 2.23. The Labute approximate surface area is 103 Å². The second kappa shape index (κ2) is 5.36. The van der Waals surface area contributed by atoms with Crippen LogP contribution < -0.4 is 10.6 Å². The molecule has 1 atom stereocenters. The molecular formula is C13H21N3O. The second-order valence-corrected chi connectivity index (χ2v) is 4.75. The molecule has 0 bridgehead atoms. The predicted molar refractivity (Wildman–Crippen MR) is 70.2 cm³/mol. The van der Waals surface area contributed by atoms with E-state index < -0.39 is 0 Å². The molecule has 2 rings (SSSR count). The third-order valence-corrected chi connectivity index (χ3v) is 3.36. The number of piperidine rings is 1. The molecule has 1 unspecified atom stereocenters. The Morgan fingerprint density at radius 2 is 2.35 bits per heavy atom. The number of aryl methyl sites for hydroxylation is 1. The van der Waals surface area contributed by atoms with Crippen LogP contribution in [0.4, 0.5) is 11.5 Å². The fraction of sp³-hybridized carbons (Fsp3) is 0.615. The number of hydrogen-bond acceptors (Lipinski definition) is 4. The molecule has 0 aromatic carbocycles. The fourth-order valence-corrected chi connectivity index (χ4v) is 2.38. The van der Waals surface area contributed by atoms with E-state index in [1.165, 1.54) is 12.8 Å². The lowest BCUT2D eigenvalue weighted by molar-refractivity contribution is 0.143. The molecule has 17 heavy (non-hydrogen) atoms. The van der Waals surface area contributed by atoms with Gasteiger partial charge in [-0.15, -0.1) is 0 Å². The predicted octanol–water partition coefficient (Wildman–Crippen LogP) is 1.84. The molecule has 1 aliphatic rings. The zero-order valence-corrected chi connectivity index (χ0v) is 10.6. The van der Waals surface area contributed by atoms with Gasteiger partial charge in [-0.1, -0.05) is 0 Å². The number of methoxy groups -OCH3 is 1. The molecule has 1 aliphatic heterocycles. The molecule has 0 saturated carbocycles. The first-order valence-electron chi connectivity index (χ1n) is 6.17. The number of nitrogens with two attached hydrogens (primary N) is 1. The molecule has 0 amide bonds. The van der Waals surface area contributed by atoms with E-state index in [2.05, 4.69) is 9.88 Å². The van der Waals surface area contributed by atoms with Crippen molar-refractivity contribution in [2.45, 2.75) is 19.8 Å². The van der Waals surface area contributed by atoms with Gasteiger partial charge in [0.15, 0.2) is 0 Å². The number of anilines is 2. The van der Waals surface area contributed by atoms with Gasteiger partial charge < -0.3 is 15.4 Å². The Morgan fingerprint density at radius 1 is 1.53 bits per heavy atom. The molecule has 94 valence electrons. The van der Waals surface area contributed by atoms with Crippen LogP contribution in [0, 0.1) is 12.8 Å². The van der Waals surface area contributed by atoms with Crippen LogP contribution in [0.1, 0.15) is 18.5 Å². The van der Waals surface area contributed by atoms with Crippen molar-refractivity contribution in [1.29, 1.82) is 0 Å². The highest BCUT2D eigenvalue weighted by atomic mass is 16.5. The molecular weight excluding hydrogens is 214 g/mol. The molecule has 2 heterocycles. The zero-order chi connectivity index (χ0) is 12.3. The van der Waals surface area contributed by atoms with E-state index in [0.29, 0.717) is 5.92 Å². The van der Waals surface area contributed by atoms with Crippen molar-refractivity contribution in [3.05, 3.63) is 17.8 Å². The van der Waals surface area contributed by atoms with Gasteiger partial charge in [0.05, 0.1) is 18.0 Å². The molecule has 0 radical (unpaired) electrons. The maximum atomic E-state index is 5.79. The Balaban J connectivity index is 2.08. The van der Waals surface area contributed by atoms with E-state index in [4.69, 9.17) is 10.5 Å². The van der Waals surface area contributed by atoms with Crippen molar-refractivity contribution in [1.82, 2.24) is 4.98 Å². The lowest BCUT2D eigenvalue weighted by Crippen LogP contribution is -2.37. The lowest BCUT2D eigenvalue weighted by Gasteiger charge is -2.33. The Hall–Kier alpha value is -1.29. The molecule has 0 spiro atoms. The average molecular weight is 235 g/mol. The lowest BCUT2D eigenvalue weighted by atomic mass is 9.99. The first-order chi connectivity index (χ1) is 8.20. The largest absolute Gasteiger partial charge is 0.397 e. The van der Waals surface area contributed by atoms with Gasteiger partial charge in [0.2, 0.25) is 0 Å². The highest BCUT2D eigenvalue weighted by Gasteiger charge is 2.20. The topological polar surface area (TPSA) is 51.4 Å². The number of aromatic nitrogens is 1. The van der Waals surface area contributed by atoms with Crippen LogP contribution in [-0.4, -0.2) is 31.8 Å². The summed E-state index contributed by atoms with van der Waals surface area (Å²) >= 11 is 0. The minimum absolute atomic E-state index is 0.619. The highest BCUT2D eigenvalue weighted by molar-refractivity contribution is 5.50. The summed E-state index contributed by atoms with van der Waals surface area (Å²) in [4.78, 5) is 6.88. The molecule has 0 aliphatic carbocycles. The van der Waals surface area contributed by atoms with E-state index in [-0.39, 0.29) is 0 Å². The number of rotatable bonds is 3. The van der Waals surface area contributed by atoms with E-state index in [0.717, 1.165) is 36.9 Å². The van der Waals surface area contributed by atoms with Gasteiger partial charge in [0, 0.05) is 20.2 Å². The second-order valence-electron chi connectivity index (χ2n) is 4.75. The quantitative estimate of drug-likeness (QED) is 0.868. The summed E-state index contributed by atoms with van der Waals surface area (Å²) in [6.07, 6.45) is 2.46. The van der Waals surface area contributed by atoms with E-state index in [1.807, 2.05) is 19.1 Å². The van der Waals surface area contributed by atoms with Gasteiger partial charge in [-0.05, 0) is 37.8 Å². The van der Waals surface area contributed by atoms with Crippen LogP contribution in [0.3, 0.4) is 0 Å². The summed E-state index contributed by atoms with van der Waals surface area (Å²) in [7, 11) is 1.77. The molecule has 1 fully saturated rings. The molecule has 4 heteroatoms. The van der Waals surface area contributed by atoms with Crippen molar-refractivity contribution in [2.75, 3.05) is 37.4 Å². The normalized spacial score (nSPS) is 20.6. The molecule has 1 saturated heterocycles. The Kier molecular flexibility index (Phi) is 3.84. The van der Waals surface area contributed by atoms with Crippen LogP contribution in [0.15, 0.2) is 12.1 Å². The van der Waals surface area contributed by atoms with Gasteiger partial charge in [0.1, 0.15) is 5.82 Å². The number of pyridine rings is 1. The number of nitrogens with zero attached hydrogens (tertiary/aromatic N) is 2. The molecule has 4 nitrogen and oxygen atoms in total. The first kappa shape index (κ1) is 12.2. The summed E-state index contributed by atoms with van der Waals surface area (Å²) in [6.45, 7) is 4.90. The number of hydrogen-bond donors (Lipinski definition) is 1. The summed E-state index contributed by atoms with van der Waals surface area (Å²) in [5.74, 6) is 1.66. The molecule has 2 N–H and O–H groups in total. The van der Waals surface area contributed by atoms with Crippen molar-refractivity contribution >= 4 is 11.5 Å². The Morgan fingerprint density at radius 3 is 3.06 bits per heavy atom. The minimum Gasteiger partial charge on any atom is -0.397 e. The number of nitrogen functional groups attached to an aromatic ring is 1. The summed E-state index contributed by atoms with van der Waals surface area (Å²) in [5.41, 5.74) is 7.47. The van der Waals surface area contributed by atoms with Crippen LogP contribution in [-0.2, 0) is 4.74 Å². The van der Waals surface area contributed by atoms with Crippen molar-refractivity contribution in [3.8, 4) is 0 Å². The van der Waals surface area contributed by atoms with Crippen molar-refractivity contribution in [3.63, 3.8) is 0 Å². The summed E-state index contributed by atoms with van der Waals surface area (Å²) < 4.78 is 5.24. The minimum atomic E-state index is 0.619. The van der Waals surface area contributed by atoms with Crippen LogP contribution in [0.5, 0.6) is 0 Å². The van der Waals surface area contributed by atoms with E-state index in [9.17, 15) is 0 Å². The molecule has 1 aromatic heterocycles. The SMILES string of the molecule is COCC1CCCN(c2ccc(N)c(C)n2)C1. The van der Waals surface area contributed by atoms with Crippen LogP contribution in [0.2, 0.25) is 0 Å². The van der Waals surface area contributed by atoms with E-state index in [1.54, 1.807) is 7.11 Å². The monoisotopic (exact) mass is 235 g/mol. The summed E-state index contributed by atoms with van der Waals surface area (Å²) in [6, 6.07) is 3.95. The summed E-state index contributed by atoms with van der Waals surface area (Å²) in [5, 5.41) is 0. The standard InChI is InChI=1S/C13H21N3O/c1-10-12(14)5-6-13(15-10)16-7-3-4-11(8-16)9-17-2/h5-6,11H,3-4,7-9,14H2,1-2H3. The maximum absolute atomic E-state index is 5.79. The average Bonchev–Trinajstić information content (AvgIpc) is 2.33. The van der Waals surface area contributed by atoms with Crippen molar-refractivity contribution in [2.24, 2.45) is 5.92 Å². The first-order valence-corrected chi connectivity index (χ1v) is 6.17. The fourth-order valence-electron chi connectivity index (χ4n) is 2.38. The van der Waals surface area contributed by atoms with Gasteiger partial charge in [-0.2, -0.15) is 0 Å². The van der Waals surface area contributed by atoms with Crippen LogP contribution in [0.25, 0.3) is 0 Å². The third-order valence-electron chi connectivity index (χ3n) is 3.36. The Bertz CT molecular complexity index is 379. The zero-order valence-electron chi connectivity index (χ0n) is 10.6. The van der Waals surface area contributed by atoms with Gasteiger partial charge >= 0.3 is 0 Å². The van der Waals surface area contributed by atoms with Gasteiger partial charge in [-0.25, -0.2) is 4.98 Å². The van der Waals surface area contributed by atoms with Gasteiger partial charge in [0.25, 0.3) is 0 Å². The van der Waals surface area contributed by atoms with Crippen molar-refractivity contribution < 1.29 is 4.74 Å². The smallest absolute Gasteiger partial charge is 0.128 e. The number of ether oxygens (including phenoxy) is 1. The third kappa shape index (κ3) is 2.88. The maximum Gasteiger partial charge on any atom is 0.128 e. The van der Waals surface area contributed by atoms with Crippen LogP contribution >= 0.6 is 0 Å². The van der Waals surface area contributed by atoms with E-state index >= 15 is 0 Å². The molecule has 1 aromatic rings. The van der Waals surface area contributed by atoms with Gasteiger partial charge in [-0.3, -0.25) is 0 Å².